The Bertz CT molecular complexity index is 1900. The highest BCUT2D eigenvalue weighted by atomic mass is 16.6. The molecule has 0 fully saturated rings. The van der Waals surface area contributed by atoms with Gasteiger partial charge in [0, 0.05) is 39.6 Å². The molecule has 2 N–H and O–H groups in total. The van der Waals surface area contributed by atoms with Gasteiger partial charge in [0.25, 0.3) is 23.6 Å². The highest BCUT2D eigenvalue weighted by Gasteiger charge is 2.39. The lowest BCUT2D eigenvalue weighted by atomic mass is 9.85. The summed E-state index contributed by atoms with van der Waals surface area (Å²) in [6.07, 6.45) is -0.539. The number of hydrogen-bond acceptors (Lipinski definition) is 7. The first kappa shape index (κ1) is 30.2. The topological polar surface area (TPSA) is 150 Å². The van der Waals surface area contributed by atoms with Gasteiger partial charge < -0.3 is 15.2 Å². The summed E-state index contributed by atoms with van der Waals surface area (Å²) in [4.78, 5) is 79.8. The van der Waals surface area contributed by atoms with Gasteiger partial charge in [-0.2, -0.15) is 0 Å². The number of imide groups is 2. The zero-order valence-corrected chi connectivity index (χ0v) is 25.2. The monoisotopic (exact) mass is 619 g/mol. The maximum absolute atomic E-state index is 13.7. The van der Waals surface area contributed by atoms with Crippen LogP contribution in [0, 0.1) is 0 Å². The molecular formula is C35H29N3O8. The predicted octanol–water partition coefficient (Wildman–Crippen LogP) is 5.16. The van der Waals surface area contributed by atoms with Gasteiger partial charge in [-0.05, 0) is 73.9 Å². The van der Waals surface area contributed by atoms with E-state index in [-0.39, 0.29) is 58.2 Å². The highest BCUT2D eigenvalue weighted by Crippen LogP contribution is 2.38. The SMILES string of the molecule is CC(C)(C)OC(=O)NCc1ccc(CN2C(=O)c3ccc4c5c(ccc(c35)C2=O)C(=O)N(Cc2ccc(C(=O)O)cc2)C4=O)cc1. The smallest absolute Gasteiger partial charge is 0.407 e. The Morgan fingerprint density at radius 2 is 1.00 bits per heavy atom. The van der Waals surface area contributed by atoms with Crippen LogP contribution in [0.5, 0.6) is 0 Å². The Kier molecular flexibility index (Phi) is 7.39. The lowest BCUT2D eigenvalue weighted by Crippen LogP contribution is -2.42. The van der Waals surface area contributed by atoms with E-state index in [0.717, 1.165) is 15.4 Å². The molecule has 2 heterocycles. The maximum Gasteiger partial charge on any atom is 0.407 e. The molecule has 232 valence electrons. The summed E-state index contributed by atoms with van der Waals surface area (Å²) in [6.45, 7) is 5.48. The quantitative estimate of drug-likeness (QED) is 0.270. The van der Waals surface area contributed by atoms with Gasteiger partial charge in [0.15, 0.2) is 0 Å². The molecule has 2 aliphatic rings. The van der Waals surface area contributed by atoms with Crippen molar-refractivity contribution >= 4 is 46.5 Å². The summed E-state index contributed by atoms with van der Waals surface area (Å²) in [5, 5.41) is 12.4. The highest BCUT2D eigenvalue weighted by molar-refractivity contribution is 6.33. The molecule has 0 saturated heterocycles. The molecule has 0 bridgehead atoms. The van der Waals surface area contributed by atoms with E-state index >= 15 is 0 Å². The molecule has 2 aliphatic heterocycles. The van der Waals surface area contributed by atoms with Crippen LogP contribution >= 0.6 is 0 Å². The number of ether oxygens (including phenoxy) is 1. The molecule has 0 aliphatic carbocycles. The van der Waals surface area contributed by atoms with Gasteiger partial charge in [-0.15, -0.1) is 0 Å². The third kappa shape index (κ3) is 5.47. The third-order valence-corrected chi connectivity index (χ3v) is 7.80. The molecular weight excluding hydrogens is 590 g/mol. The fraction of sp³-hybridized carbons (Fsp3) is 0.200. The standard InChI is InChI=1S/C35H29N3O8/c1-35(2,3)46-34(45)36-16-19-4-6-20(7-5-19)17-37-29(39)23-12-14-25-28-26(15-13-24(27(23)28)30(37)40)32(42)38(31(25)41)18-21-8-10-22(11-9-21)33(43)44/h4-15H,16-18H2,1-3H3,(H,36,45)(H,43,44). The van der Waals surface area contributed by atoms with Crippen molar-refractivity contribution in [2.45, 2.75) is 46.0 Å². The lowest BCUT2D eigenvalue weighted by Gasteiger charge is -2.32. The number of carbonyl (C=O) groups excluding carboxylic acids is 5. The van der Waals surface area contributed by atoms with Gasteiger partial charge >= 0.3 is 12.1 Å². The summed E-state index contributed by atoms with van der Waals surface area (Å²) >= 11 is 0. The van der Waals surface area contributed by atoms with Gasteiger partial charge in [0.05, 0.1) is 18.7 Å². The minimum absolute atomic E-state index is 0.00577. The van der Waals surface area contributed by atoms with Crippen molar-refractivity contribution < 1.29 is 38.6 Å². The Labute approximate surface area is 263 Å². The number of carboxylic acids is 1. The van der Waals surface area contributed by atoms with Crippen molar-refractivity contribution in [1.29, 1.82) is 0 Å². The van der Waals surface area contributed by atoms with E-state index in [9.17, 15) is 28.8 Å². The second kappa shape index (κ2) is 11.3. The molecule has 4 aromatic carbocycles. The molecule has 4 aromatic rings. The van der Waals surface area contributed by atoms with Crippen LogP contribution in [-0.2, 0) is 24.4 Å². The fourth-order valence-corrected chi connectivity index (χ4v) is 5.63. The number of nitrogens with zero attached hydrogens (tertiary/aromatic N) is 2. The number of aromatic carboxylic acids is 1. The Balaban J connectivity index is 1.23. The lowest BCUT2D eigenvalue weighted by molar-refractivity contribution is 0.0519. The van der Waals surface area contributed by atoms with Crippen LogP contribution in [0.4, 0.5) is 4.79 Å². The number of rotatable bonds is 7. The number of benzene rings is 4. The molecule has 46 heavy (non-hydrogen) atoms. The summed E-state index contributed by atoms with van der Waals surface area (Å²) in [6, 6.07) is 19.0. The minimum Gasteiger partial charge on any atom is -0.478 e. The second-order valence-corrected chi connectivity index (χ2v) is 12.1. The van der Waals surface area contributed by atoms with Crippen LogP contribution in [0.3, 0.4) is 0 Å². The normalized spacial score (nSPS) is 14.2. The minimum atomic E-state index is -1.09. The van der Waals surface area contributed by atoms with Crippen molar-refractivity contribution in [2.75, 3.05) is 0 Å². The first-order valence-electron chi connectivity index (χ1n) is 14.5. The van der Waals surface area contributed by atoms with Crippen LogP contribution in [0.1, 0.15) is 89.3 Å². The zero-order chi connectivity index (χ0) is 32.9. The van der Waals surface area contributed by atoms with Crippen LogP contribution in [0.2, 0.25) is 0 Å². The summed E-state index contributed by atoms with van der Waals surface area (Å²) in [5.74, 6) is -3.33. The van der Waals surface area contributed by atoms with Crippen LogP contribution < -0.4 is 5.32 Å². The molecule has 6 rings (SSSR count). The van der Waals surface area contributed by atoms with Gasteiger partial charge in [0.1, 0.15) is 5.60 Å². The van der Waals surface area contributed by atoms with Crippen molar-refractivity contribution in [3.05, 3.63) is 117 Å². The van der Waals surface area contributed by atoms with Crippen molar-refractivity contribution in [2.24, 2.45) is 0 Å². The average Bonchev–Trinajstić information content (AvgIpc) is 3.01. The summed E-state index contributed by atoms with van der Waals surface area (Å²) < 4.78 is 5.25. The number of carbonyl (C=O) groups is 6. The van der Waals surface area contributed by atoms with Crippen molar-refractivity contribution in [3.63, 3.8) is 0 Å². The van der Waals surface area contributed by atoms with Crippen molar-refractivity contribution in [3.8, 4) is 0 Å². The fourth-order valence-electron chi connectivity index (χ4n) is 5.63. The number of hydrogen-bond donors (Lipinski definition) is 2. The van der Waals surface area contributed by atoms with E-state index in [4.69, 9.17) is 9.84 Å². The van der Waals surface area contributed by atoms with Crippen LogP contribution in [0.25, 0.3) is 10.8 Å². The van der Waals surface area contributed by atoms with Crippen LogP contribution in [-0.4, -0.2) is 56.2 Å². The maximum atomic E-state index is 13.7. The summed E-state index contributed by atoms with van der Waals surface area (Å²) in [7, 11) is 0. The number of alkyl carbamates (subject to hydrolysis) is 1. The number of carboxylic acid groups (broad SMARTS) is 1. The van der Waals surface area contributed by atoms with E-state index in [2.05, 4.69) is 5.32 Å². The second-order valence-electron chi connectivity index (χ2n) is 12.1. The molecule has 0 atom stereocenters. The molecule has 0 radical (unpaired) electrons. The van der Waals surface area contributed by atoms with Gasteiger partial charge in [0.2, 0.25) is 0 Å². The molecule has 0 aromatic heterocycles. The zero-order valence-electron chi connectivity index (χ0n) is 25.2. The van der Waals surface area contributed by atoms with Gasteiger partial charge in [-0.1, -0.05) is 36.4 Å². The van der Waals surface area contributed by atoms with E-state index in [1.165, 1.54) is 36.4 Å². The number of amides is 5. The molecule has 0 saturated carbocycles. The largest absolute Gasteiger partial charge is 0.478 e. The number of nitrogens with one attached hydrogen (secondary N) is 1. The van der Waals surface area contributed by atoms with E-state index < -0.39 is 41.3 Å². The van der Waals surface area contributed by atoms with E-state index in [1.807, 2.05) is 0 Å². The van der Waals surface area contributed by atoms with Gasteiger partial charge in [-0.3, -0.25) is 29.0 Å². The predicted molar refractivity (Wildman–Crippen MR) is 165 cm³/mol. The average molecular weight is 620 g/mol. The molecule has 0 spiro atoms. The Morgan fingerprint density at radius 1 is 0.630 bits per heavy atom. The summed E-state index contributed by atoms with van der Waals surface area (Å²) in [5.41, 5.74) is 2.34. The first-order chi connectivity index (χ1) is 21.8. The van der Waals surface area contributed by atoms with Crippen LogP contribution in [0.15, 0.2) is 72.8 Å². The molecule has 11 nitrogen and oxygen atoms in total. The molecule has 0 unspecified atom stereocenters. The molecule has 11 heteroatoms. The van der Waals surface area contributed by atoms with Gasteiger partial charge in [-0.25, -0.2) is 9.59 Å². The molecule has 5 amide bonds. The third-order valence-electron chi connectivity index (χ3n) is 7.80. The van der Waals surface area contributed by atoms with E-state index in [1.54, 1.807) is 57.2 Å². The van der Waals surface area contributed by atoms with E-state index in [0.29, 0.717) is 11.1 Å². The Morgan fingerprint density at radius 3 is 1.37 bits per heavy atom. The Hall–Kier alpha value is -5.84. The first-order valence-corrected chi connectivity index (χ1v) is 14.5. The van der Waals surface area contributed by atoms with Crippen molar-refractivity contribution in [1.82, 2.24) is 15.1 Å².